The zero-order valence-corrected chi connectivity index (χ0v) is 16.1. The molecular weight excluding hydrogens is 373 g/mol. The number of carbonyl (C=O) groups excluding carboxylic acids is 2. The zero-order chi connectivity index (χ0) is 20.8. The number of aliphatic imine (C=N–C) groups is 1. The highest BCUT2D eigenvalue weighted by Gasteiger charge is 2.37. The van der Waals surface area contributed by atoms with Crippen LogP contribution < -0.4 is 5.73 Å². The second-order valence-corrected chi connectivity index (χ2v) is 7.44. The van der Waals surface area contributed by atoms with Crippen LogP contribution in [0, 0.1) is 5.82 Å². The lowest BCUT2D eigenvalue weighted by molar-refractivity contribution is -0.128. The molecule has 0 bridgehead atoms. The number of ketones is 1. The molecule has 8 heteroatoms. The van der Waals surface area contributed by atoms with E-state index in [2.05, 4.69) is 15.0 Å². The molecule has 29 heavy (non-hydrogen) atoms. The third kappa shape index (κ3) is 3.49. The van der Waals surface area contributed by atoms with Crippen molar-refractivity contribution in [3.8, 4) is 0 Å². The number of nitrogens with zero attached hydrogens (tertiary/aromatic N) is 3. The summed E-state index contributed by atoms with van der Waals surface area (Å²) in [4.78, 5) is 38.1. The van der Waals surface area contributed by atoms with Crippen LogP contribution in [-0.2, 0) is 16.8 Å². The summed E-state index contributed by atoms with van der Waals surface area (Å²) < 4.78 is 13.4. The molecular formula is C21H20FN5O2. The fraction of sp³-hybridized carbons (Fsp3) is 0.238. The van der Waals surface area contributed by atoms with Crippen molar-refractivity contribution in [2.75, 3.05) is 7.05 Å². The number of amides is 1. The van der Waals surface area contributed by atoms with Gasteiger partial charge in [0.05, 0.1) is 17.8 Å². The van der Waals surface area contributed by atoms with Gasteiger partial charge in [0.1, 0.15) is 11.4 Å². The van der Waals surface area contributed by atoms with Crippen LogP contribution in [0.3, 0.4) is 0 Å². The van der Waals surface area contributed by atoms with Gasteiger partial charge in [0.15, 0.2) is 11.7 Å². The number of carbonyl (C=O) groups is 2. The number of halogens is 1. The van der Waals surface area contributed by atoms with Gasteiger partial charge < -0.3 is 10.7 Å². The number of benzene rings is 1. The summed E-state index contributed by atoms with van der Waals surface area (Å²) in [5, 5.41) is 0.644. The van der Waals surface area contributed by atoms with Crippen LogP contribution in [0.25, 0.3) is 10.9 Å². The highest BCUT2D eigenvalue weighted by molar-refractivity contribution is 6.00. The molecule has 148 valence electrons. The molecule has 0 saturated carbocycles. The standard InChI is InChI=1S/C21H20FN5O2/c1-21(11-19(29)27(2)20(23)26-21)18-8-12(5-6-24-18)7-17(28)16-10-13-9-14(22)3-4-15(13)25-16/h3-6,8-10,25H,7,11H2,1-2H3,(H2,23,26). The van der Waals surface area contributed by atoms with E-state index in [9.17, 15) is 14.0 Å². The molecule has 4 rings (SSSR count). The van der Waals surface area contributed by atoms with E-state index in [0.717, 1.165) is 5.56 Å². The first-order valence-corrected chi connectivity index (χ1v) is 9.14. The fourth-order valence-electron chi connectivity index (χ4n) is 3.47. The highest BCUT2D eigenvalue weighted by Crippen LogP contribution is 2.32. The van der Waals surface area contributed by atoms with Gasteiger partial charge in [-0.3, -0.25) is 19.5 Å². The molecule has 1 amide bonds. The van der Waals surface area contributed by atoms with Crippen LogP contribution >= 0.6 is 0 Å². The second kappa shape index (κ2) is 6.80. The lowest BCUT2D eigenvalue weighted by atomic mass is 9.90. The van der Waals surface area contributed by atoms with Gasteiger partial charge in [0.25, 0.3) is 0 Å². The molecule has 1 aliphatic heterocycles. The van der Waals surface area contributed by atoms with Crippen LogP contribution in [0.2, 0.25) is 0 Å². The van der Waals surface area contributed by atoms with Crippen molar-refractivity contribution in [2.24, 2.45) is 10.7 Å². The molecule has 7 nitrogen and oxygen atoms in total. The van der Waals surface area contributed by atoms with Crippen LogP contribution in [0.4, 0.5) is 4.39 Å². The van der Waals surface area contributed by atoms with Crippen molar-refractivity contribution in [1.82, 2.24) is 14.9 Å². The van der Waals surface area contributed by atoms with Gasteiger partial charge in [-0.05, 0) is 48.9 Å². The number of nitrogens with two attached hydrogens (primary N) is 1. The van der Waals surface area contributed by atoms with E-state index in [4.69, 9.17) is 5.73 Å². The Labute approximate surface area is 166 Å². The first-order valence-electron chi connectivity index (χ1n) is 9.14. The lowest BCUT2D eigenvalue weighted by Gasteiger charge is -2.32. The van der Waals surface area contributed by atoms with Crippen LogP contribution in [-0.4, -0.2) is 39.6 Å². The van der Waals surface area contributed by atoms with Crippen molar-refractivity contribution < 1.29 is 14.0 Å². The summed E-state index contributed by atoms with van der Waals surface area (Å²) in [6.45, 7) is 1.80. The molecule has 0 spiro atoms. The number of guanidine groups is 1. The molecule has 2 aromatic heterocycles. The van der Waals surface area contributed by atoms with E-state index in [-0.39, 0.29) is 36.3 Å². The Hall–Kier alpha value is -3.55. The number of fused-ring (bicyclic) bond motifs is 1. The van der Waals surface area contributed by atoms with Gasteiger partial charge in [-0.25, -0.2) is 9.38 Å². The Bertz CT molecular complexity index is 1170. The molecule has 0 radical (unpaired) electrons. The number of hydrogen-bond donors (Lipinski definition) is 2. The largest absolute Gasteiger partial charge is 0.369 e. The molecule has 0 saturated heterocycles. The van der Waals surface area contributed by atoms with E-state index in [1.54, 1.807) is 44.4 Å². The fourth-order valence-corrected chi connectivity index (χ4v) is 3.47. The second-order valence-electron chi connectivity index (χ2n) is 7.44. The summed E-state index contributed by atoms with van der Waals surface area (Å²) in [6.07, 6.45) is 1.87. The van der Waals surface area contributed by atoms with E-state index >= 15 is 0 Å². The first kappa shape index (κ1) is 18.8. The predicted octanol–water partition coefficient (Wildman–Crippen LogP) is 2.52. The molecule has 1 aromatic carbocycles. The normalized spacial score (nSPS) is 19.5. The van der Waals surface area contributed by atoms with Crippen LogP contribution in [0.15, 0.2) is 47.6 Å². The van der Waals surface area contributed by atoms with Gasteiger partial charge in [-0.2, -0.15) is 0 Å². The van der Waals surface area contributed by atoms with Crippen molar-refractivity contribution in [3.05, 3.63) is 65.4 Å². The van der Waals surface area contributed by atoms with E-state index in [1.807, 2.05) is 0 Å². The van der Waals surface area contributed by atoms with Gasteiger partial charge in [-0.1, -0.05) is 0 Å². The number of nitrogens with one attached hydrogen (secondary N) is 1. The predicted molar refractivity (Wildman–Crippen MR) is 107 cm³/mol. The van der Waals surface area contributed by atoms with Crippen LogP contribution in [0.1, 0.15) is 35.1 Å². The SMILES string of the molecule is CN1C(=O)CC(C)(c2cc(CC(=O)c3cc4cc(F)ccc4[nH]3)ccn2)N=C1N. The number of Topliss-reactive ketones (excluding diaryl/α,β-unsaturated/α-hetero) is 1. The highest BCUT2D eigenvalue weighted by atomic mass is 19.1. The number of H-pyrrole nitrogens is 1. The maximum Gasteiger partial charge on any atom is 0.231 e. The van der Waals surface area contributed by atoms with E-state index in [0.29, 0.717) is 22.3 Å². The van der Waals surface area contributed by atoms with Gasteiger partial charge in [0.2, 0.25) is 5.91 Å². The number of rotatable bonds is 4. The molecule has 1 aliphatic rings. The maximum absolute atomic E-state index is 13.4. The minimum absolute atomic E-state index is 0.133. The van der Waals surface area contributed by atoms with Crippen molar-refractivity contribution in [3.63, 3.8) is 0 Å². The topological polar surface area (TPSA) is 104 Å². The van der Waals surface area contributed by atoms with Gasteiger partial charge >= 0.3 is 0 Å². The Morgan fingerprint density at radius 3 is 2.86 bits per heavy atom. The lowest BCUT2D eigenvalue weighted by Crippen LogP contribution is -2.47. The molecule has 1 atom stereocenters. The maximum atomic E-state index is 13.4. The third-order valence-electron chi connectivity index (χ3n) is 5.20. The zero-order valence-electron chi connectivity index (χ0n) is 16.1. The van der Waals surface area contributed by atoms with Crippen molar-refractivity contribution >= 4 is 28.6 Å². The summed E-state index contributed by atoms with van der Waals surface area (Å²) in [7, 11) is 1.58. The molecule has 3 aromatic rings. The Balaban J connectivity index is 1.60. The number of aromatic nitrogens is 2. The molecule has 3 N–H and O–H groups in total. The summed E-state index contributed by atoms with van der Waals surface area (Å²) >= 11 is 0. The minimum atomic E-state index is -0.884. The van der Waals surface area contributed by atoms with E-state index in [1.165, 1.54) is 17.0 Å². The van der Waals surface area contributed by atoms with Crippen molar-refractivity contribution in [1.29, 1.82) is 0 Å². The van der Waals surface area contributed by atoms with Gasteiger partial charge in [0, 0.05) is 30.6 Å². The summed E-state index contributed by atoms with van der Waals surface area (Å²) in [5.41, 5.74) is 7.41. The first-order chi connectivity index (χ1) is 13.7. The smallest absolute Gasteiger partial charge is 0.231 e. The number of aromatic amines is 1. The Morgan fingerprint density at radius 1 is 1.31 bits per heavy atom. The van der Waals surface area contributed by atoms with Crippen LogP contribution in [0.5, 0.6) is 0 Å². The quantitative estimate of drug-likeness (QED) is 0.665. The summed E-state index contributed by atoms with van der Waals surface area (Å²) in [5.74, 6) is -0.493. The molecule has 3 heterocycles. The molecule has 0 fully saturated rings. The van der Waals surface area contributed by atoms with E-state index < -0.39 is 5.54 Å². The summed E-state index contributed by atoms with van der Waals surface area (Å²) in [6, 6.07) is 9.50. The van der Waals surface area contributed by atoms with Crippen molar-refractivity contribution in [2.45, 2.75) is 25.3 Å². The average molecular weight is 393 g/mol. The molecule has 1 unspecified atom stereocenters. The average Bonchev–Trinajstić information content (AvgIpc) is 3.09. The Kier molecular flexibility index (Phi) is 4.41. The third-order valence-corrected chi connectivity index (χ3v) is 5.20. The molecule has 0 aliphatic carbocycles. The van der Waals surface area contributed by atoms with Gasteiger partial charge in [-0.15, -0.1) is 0 Å². The Morgan fingerprint density at radius 2 is 2.10 bits per heavy atom. The monoisotopic (exact) mass is 393 g/mol. The number of hydrogen-bond acceptors (Lipinski definition) is 5. The number of pyridine rings is 1. The minimum Gasteiger partial charge on any atom is -0.369 e.